The molecule has 0 saturated carbocycles. The number of hydrogen-bond donors (Lipinski definition) is 2. The number of carbonyl (C=O) groups is 2. The van der Waals surface area contributed by atoms with E-state index in [0.29, 0.717) is 17.2 Å². The summed E-state index contributed by atoms with van der Waals surface area (Å²) in [5, 5.41) is 8.46. The molecule has 0 radical (unpaired) electrons. The third-order valence-corrected chi connectivity index (χ3v) is 4.43. The number of hydrazone groups is 1. The predicted octanol–water partition coefficient (Wildman–Crippen LogP) is 1.54. The molecule has 130 valence electrons. The summed E-state index contributed by atoms with van der Waals surface area (Å²) in [4.78, 5) is 24.9. The van der Waals surface area contributed by atoms with Crippen molar-refractivity contribution in [3.8, 4) is 11.5 Å². The number of carbonyl (C=O) groups excluding carboxylic acids is 2. The fourth-order valence-electron chi connectivity index (χ4n) is 2.16. The van der Waals surface area contributed by atoms with Gasteiger partial charge in [-0.25, -0.2) is 5.43 Å². The van der Waals surface area contributed by atoms with Gasteiger partial charge in [-0.2, -0.15) is 5.10 Å². The Labute approximate surface area is 148 Å². The first kappa shape index (κ1) is 17.0. The number of fused-ring (bicyclic) bond motifs is 1. The number of hydrogen-bond acceptors (Lipinski definition) is 6. The Morgan fingerprint density at radius 3 is 2.80 bits per heavy atom. The largest absolute Gasteiger partial charge is 0.485 e. The fraction of sp³-hybridized carbons (Fsp3) is 0.235. The molecule has 0 saturated heterocycles. The average Bonchev–Trinajstić information content (AvgIpc) is 3.18. The molecule has 0 bridgehead atoms. The minimum absolute atomic E-state index is 0.0973. The van der Waals surface area contributed by atoms with E-state index >= 15 is 0 Å². The molecule has 0 spiro atoms. The van der Waals surface area contributed by atoms with Crippen LogP contribution in [0.25, 0.3) is 0 Å². The van der Waals surface area contributed by atoms with Crippen molar-refractivity contribution in [1.82, 2.24) is 10.7 Å². The molecule has 25 heavy (non-hydrogen) atoms. The van der Waals surface area contributed by atoms with E-state index in [9.17, 15) is 9.59 Å². The van der Waals surface area contributed by atoms with Crippen LogP contribution in [0.15, 0.2) is 46.9 Å². The number of para-hydroxylation sites is 2. The van der Waals surface area contributed by atoms with Gasteiger partial charge in [0.25, 0.3) is 11.8 Å². The normalized spacial score (nSPS) is 16.2. The Morgan fingerprint density at radius 2 is 2.04 bits per heavy atom. The summed E-state index contributed by atoms with van der Waals surface area (Å²) in [6.07, 6.45) is -0.793. The Balaban J connectivity index is 1.46. The van der Waals surface area contributed by atoms with Gasteiger partial charge >= 0.3 is 0 Å². The van der Waals surface area contributed by atoms with E-state index in [1.54, 1.807) is 25.1 Å². The van der Waals surface area contributed by atoms with E-state index in [2.05, 4.69) is 15.8 Å². The van der Waals surface area contributed by atoms with Crippen LogP contribution in [-0.2, 0) is 9.59 Å². The van der Waals surface area contributed by atoms with Crippen LogP contribution < -0.4 is 20.2 Å². The maximum atomic E-state index is 12.1. The van der Waals surface area contributed by atoms with Gasteiger partial charge in [0.05, 0.1) is 12.3 Å². The maximum Gasteiger partial charge on any atom is 0.265 e. The van der Waals surface area contributed by atoms with Crippen LogP contribution in [0.1, 0.15) is 11.8 Å². The molecule has 1 atom stereocenters. The maximum absolute atomic E-state index is 12.1. The van der Waals surface area contributed by atoms with Crippen molar-refractivity contribution >= 4 is 28.9 Å². The minimum Gasteiger partial charge on any atom is -0.485 e. The molecular formula is C17H17N3O4S. The number of benzene rings is 1. The predicted molar refractivity (Wildman–Crippen MR) is 94.0 cm³/mol. The van der Waals surface area contributed by atoms with Crippen molar-refractivity contribution in [2.24, 2.45) is 5.10 Å². The van der Waals surface area contributed by atoms with Crippen molar-refractivity contribution in [2.45, 2.75) is 13.0 Å². The van der Waals surface area contributed by atoms with Crippen molar-refractivity contribution < 1.29 is 19.1 Å². The molecule has 2 amide bonds. The molecular weight excluding hydrogens is 342 g/mol. The monoisotopic (exact) mass is 359 g/mol. The van der Waals surface area contributed by atoms with Gasteiger partial charge in [-0.05, 0) is 30.5 Å². The van der Waals surface area contributed by atoms with E-state index in [-0.39, 0.29) is 13.2 Å². The van der Waals surface area contributed by atoms with Crippen LogP contribution in [0.5, 0.6) is 11.5 Å². The minimum atomic E-state index is -0.793. The van der Waals surface area contributed by atoms with Gasteiger partial charge in [-0.1, -0.05) is 18.2 Å². The lowest BCUT2D eigenvalue weighted by Gasteiger charge is -2.25. The lowest BCUT2D eigenvalue weighted by molar-refractivity contribution is -0.132. The number of amides is 2. The van der Waals surface area contributed by atoms with E-state index in [1.807, 2.05) is 23.6 Å². The van der Waals surface area contributed by atoms with Crippen LogP contribution in [0, 0.1) is 0 Å². The molecule has 8 heteroatoms. The van der Waals surface area contributed by atoms with Crippen LogP contribution in [0.3, 0.4) is 0 Å². The Morgan fingerprint density at radius 1 is 1.24 bits per heavy atom. The zero-order chi connectivity index (χ0) is 17.6. The highest BCUT2D eigenvalue weighted by molar-refractivity contribution is 7.12. The lowest BCUT2D eigenvalue weighted by Crippen LogP contribution is -2.46. The van der Waals surface area contributed by atoms with Gasteiger partial charge in [-0.15, -0.1) is 11.3 Å². The number of nitrogens with zero attached hydrogens (tertiary/aromatic N) is 1. The molecule has 2 aromatic rings. The molecule has 0 aliphatic carbocycles. The Bertz CT molecular complexity index is 789. The second-order valence-electron chi connectivity index (χ2n) is 5.29. The molecule has 1 aromatic heterocycles. The molecule has 1 aliphatic heterocycles. The molecule has 2 N–H and O–H groups in total. The first-order chi connectivity index (χ1) is 12.1. The fourth-order valence-corrected chi connectivity index (χ4v) is 2.83. The molecule has 0 fully saturated rings. The van der Waals surface area contributed by atoms with Crippen LogP contribution >= 0.6 is 11.3 Å². The van der Waals surface area contributed by atoms with Gasteiger partial charge in [0.1, 0.15) is 6.61 Å². The molecule has 7 nitrogen and oxygen atoms in total. The highest BCUT2D eigenvalue weighted by atomic mass is 32.1. The van der Waals surface area contributed by atoms with Gasteiger partial charge in [0.2, 0.25) is 6.10 Å². The van der Waals surface area contributed by atoms with Crippen LogP contribution in [-0.4, -0.2) is 36.8 Å². The van der Waals surface area contributed by atoms with E-state index in [4.69, 9.17) is 9.47 Å². The van der Waals surface area contributed by atoms with Gasteiger partial charge in [0.15, 0.2) is 11.5 Å². The first-order valence-electron chi connectivity index (χ1n) is 7.66. The summed E-state index contributed by atoms with van der Waals surface area (Å²) < 4.78 is 11.1. The quantitative estimate of drug-likeness (QED) is 0.626. The molecule has 3 rings (SSSR count). The molecule has 1 aliphatic rings. The summed E-state index contributed by atoms with van der Waals surface area (Å²) in [6, 6.07) is 10.9. The number of nitrogens with one attached hydrogen (secondary N) is 2. The second-order valence-corrected chi connectivity index (χ2v) is 6.24. The highest BCUT2D eigenvalue weighted by Gasteiger charge is 2.27. The number of rotatable bonds is 5. The summed E-state index contributed by atoms with van der Waals surface area (Å²) in [5.41, 5.74) is 3.12. The van der Waals surface area contributed by atoms with Gasteiger partial charge in [0, 0.05) is 4.88 Å². The van der Waals surface area contributed by atoms with Crippen LogP contribution in [0.2, 0.25) is 0 Å². The molecule has 0 unspecified atom stereocenters. The van der Waals surface area contributed by atoms with E-state index in [0.717, 1.165) is 4.88 Å². The SMILES string of the molecule is C/C(=N\NC(=O)CNC(=O)[C@H]1COc2ccccc2O1)c1cccs1. The topological polar surface area (TPSA) is 89.0 Å². The van der Waals surface area contributed by atoms with Crippen molar-refractivity contribution in [2.75, 3.05) is 13.2 Å². The summed E-state index contributed by atoms with van der Waals surface area (Å²) in [6.45, 7) is 1.71. The van der Waals surface area contributed by atoms with E-state index < -0.39 is 17.9 Å². The summed E-state index contributed by atoms with van der Waals surface area (Å²) in [7, 11) is 0. The summed E-state index contributed by atoms with van der Waals surface area (Å²) in [5.74, 6) is 0.280. The molecule has 2 heterocycles. The van der Waals surface area contributed by atoms with Crippen molar-refractivity contribution in [3.05, 3.63) is 46.7 Å². The third-order valence-electron chi connectivity index (χ3n) is 3.45. The number of thiophene rings is 1. The zero-order valence-electron chi connectivity index (χ0n) is 13.5. The van der Waals surface area contributed by atoms with Gasteiger partial charge < -0.3 is 14.8 Å². The lowest BCUT2D eigenvalue weighted by atomic mass is 10.2. The standard InChI is InChI=1S/C17H17N3O4S/c1-11(15-7-4-8-25-15)19-20-16(21)9-18-17(22)14-10-23-12-5-2-3-6-13(12)24-14/h2-8,14H,9-10H2,1H3,(H,18,22)(H,20,21)/b19-11+/t14-/m1/s1. The van der Waals surface area contributed by atoms with E-state index in [1.165, 1.54) is 11.3 Å². The first-order valence-corrected chi connectivity index (χ1v) is 8.54. The van der Waals surface area contributed by atoms with Crippen molar-refractivity contribution in [3.63, 3.8) is 0 Å². The Kier molecular flexibility index (Phi) is 5.30. The third kappa shape index (κ3) is 4.36. The van der Waals surface area contributed by atoms with Gasteiger partial charge in [-0.3, -0.25) is 9.59 Å². The highest BCUT2D eigenvalue weighted by Crippen LogP contribution is 2.30. The smallest absolute Gasteiger partial charge is 0.265 e. The van der Waals surface area contributed by atoms with Crippen LogP contribution in [0.4, 0.5) is 0 Å². The second kappa shape index (κ2) is 7.80. The zero-order valence-corrected chi connectivity index (χ0v) is 14.3. The average molecular weight is 359 g/mol. The molecule has 1 aromatic carbocycles. The van der Waals surface area contributed by atoms with Crippen molar-refractivity contribution in [1.29, 1.82) is 0 Å². The summed E-state index contributed by atoms with van der Waals surface area (Å²) >= 11 is 1.53. The Hall–Kier alpha value is -2.87. The number of ether oxygens (including phenoxy) is 2.